The minimum absolute atomic E-state index is 0.245. The van der Waals surface area contributed by atoms with Crippen molar-refractivity contribution in [2.24, 2.45) is 5.92 Å². The normalized spacial score (nSPS) is 23.0. The van der Waals surface area contributed by atoms with Crippen LogP contribution in [0.3, 0.4) is 0 Å². The first-order chi connectivity index (χ1) is 12.4. The molecule has 1 aromatic rings. The van der Waals surface area contributed by atoms with Crippen molar-refractivity contribution in [2.75, 3.05) is 27.8 Å². The molecule has 0 fully saturated rings. The zero-order chi connectivity index (χ0) is 19.3. The van der Waals surface area contributed by atoms with E-state index in [4.69, 9.17) is 9.47 Å². The second-order valence-electron chi connectivity index (χ2n) is 6.57. The number of likely N-dealkylation sites (N-methyl/N-ethyl adjacent to an activating group) is 1. The number of benzene rings is 1. The number of aliphatic hydroxyl groups is 1. The Kier molecular flexibility index (Phi) is 6.32. The highest BCUT2D eigenvalue weighted by Gasteiger charge is 2.41. The van der Waals surface area contributed by atoms with Gasteiger partial charge in [-0.3, -0.25) is 0 Å². The lowest BCUT2D eigenvalue weighted by molar-refractivity contribution is 0.0408. The Morgan fingerprint density at radius 2 is 2.12 bits per heavy atom. The Labute approximate surface area is 156 Å². The van der Waals surface area contributed by atoms with Crippen molar-refractivity contribution in [3.63, 3.8) is 0 Å². The van der Waals surface area contributed by atoms with E-state index in [-0.39, 0.29) is 5.92 Å². The van der Waals surface area contributed by atoms with E-state index in [0.29, 0.717) is 30.1 Å². The highest BCUT2D eigenvalue weighted by Crippen LogP contribution is 2.47. The van der Waals surface area contributed by atoms with Gasteiger partial charge in [-0.1, -0.05) is 43.5 Å². The van der Waals surface area contributed by atoms with Crippen molar-refractivity contribution >= 4 is 0 Å². The van der Waals surface area contributed by atoms with Crippen LogP contribution in [0.15, 0.2) is 66.9 Å². The number of methoxy groups -OCH3 is 1. The summed E-state index contributed by atoms with van der Waals surface area (Å²) in [5, 5.41) is 11.5. The number of fused-ring (bicyclic) bond motifs is 1. The molecular weight excluding hydrogens is 326 g/mol. The van der Waals surface area contributed by atoms with Crippen LogP contribution in [0.4, 0.5) is 0 Å². The van der Waals surface area contributed by atoms with Crippen LogP contribution in [0, 0.1) is 5.92 Å². The van der Waals surface area contributed by atoms with E-state index >= 15 is 0 Å². The molecule has 26 heavy (non-hydrogen) atoms. The van der Waals surface area contributed by atoms with Crippen molar-refractivity contribution < 1.29 is 14.6 Å². The van der Waals surface area contributed by atoms with E-state index in [9.17, 15) is 5.11 Å². The second kappa shape index (κ2) is 8.28. The van der Waals surface area contributed by atoms with E-state index in [1.54, 1.807) is 13.2 Å². The van der Waals surface area contributed by atoms with E-state index < -0.39 is 5.60 Å². The van der Waals surface area contributed by atoms with Gasteiger partial charge < -0.3 is 19.5 Å². The summed E-state index contributed by atoms with van der Waals surface area (Å²) in [5.41, 5.74) is 1.27. The molecule has 2 atom stereocenters. The molecule has 1 aliphatic heterocycles. The maximum Gasteiger partial charge on any atom is 0.167 e. The maximum atomic E-state index is 11.5. The molecule has 4 nitrogen and oxygen atoms in total. The van der Waals surface area contributed by atoms with Crippen molar-refractivity contribution in [2.45, 2.75) is 18.9 Å². The molecule has 0 aromatic heterocycles. The first kappa shape index (κ1) is 19.9. The zero-order valence-electron chi connectivity index (χ0n) is 16.2. The smallest absolute Gasteiger partial charge is 0.167 e. The van der Waals surface area contributed by atoms with Gasteiger partial charge in [0.2, 0.25) is 0 Å². The SMILES string of the molecule is C=C[C@]1(O)c2cccc(OC)c2OCC[C@H]1C(=C)/C=C\C(=C/C)N(C)C. The predicted molar refractivity (Wildman–Crippen MR) is 106 cm³/mol. The second-order valence-corrected chi connectivity index (χ2v) is 6.57. The minimum Gasteiger partial charge on any atom is -0.493 e. The molecule has 0 aliphatic carbocycles. The fraction of sp³-hybridized carbons (Fsp3) is 0.364. The molecule has 2 rings (SSSR count). The lowest BCUT2D eigenvalue weighted by Gasteiger charge is -2.33. The molecule has 1 aliphatic rings. The van der Waals surface area contributed by atoms with E-state index in [1.165, 1.54) is 0 Å². The molecule has 4 heteroatoms. The van der Waals surface area contributed by atoms with Crippen LogP contribution < -0.4 is 9.47 Å². The number of ether oxygens (including phenoxy) is 2. The van der Waals surface area contributed by atoms with Gasteiger partial charge >= 0.3 is 0 Å². The van der Waals surface area contributed by atoms with E-state index in [1.807, 2.05) is 62.3 Å². The highest BCUT2D eigenvalue weighted by atomic mass is 16.5. The summed E-state index contributed by atoms with van der Waals surface area (Å²) in [7, 11) is 5.57. The predicted octanol–water partition coefficient (Wildman–Crippen LogP) is 4.05. The van der Waals surface area contributed by atoms with Gasteiger partial charge in [0.05, 0.1) is 13.7 Å². The molecule has 0 spiro atoms. The summed E-state index contributed by atoms with van der Waals surface area (Å²) in [6.07, 6.45) is 8.19. The third-order valence-electron chi connectivity index (χ3n) is 4.85. The number of para-hydroxylation sites is 1. The first-order valence-corrected chi connectivity index (χ1v) is 8.75. The third kappa shape index (κ3) is 3.70. The summed E-state index contributed by atoms with van der Waals surface area (Å²) in [5.74, 6) is 0.928. The quantitative estimate of drug-likeness (QED) is 0.618. The topological polar surface area (TPSA) is 41.9 Å². The molecule has 0 amide bonds. The van der Waals surface area contributed by atoms with E-state index in [0.717, 1.165) is 11.3 Å². The van der Waals surface area contributed by atoms with Gasteiger partial charge in [-0.15, -0.1) is 0 Å². The fourth-order valence-electron chi connectivity index (χ4n) is 3.36. The number of allylic oxidation sites excluding steroid dienone is 3. The molecule has 0 bridgehead atoms. The minimum atomic E-state index is -1.28. The van der Waals surface area contributed by atoms with Gasteiger partial charge in [-0.2, -0.15) is 0 Å². The lowest BCUT2D eigenvalue weighted by Crippen LogP contribution is -2.33. The number of hydrogen-bond donors (Lipinski definition) is 1. The van der Waals surface area contributed by atoms with Crippen molar-refractivity contribution in [1.29, 1.82) is 0 Å². The van der Waals surface area contributed by atoms with E-state index in [2.05, 4.69) is 13.2 Å². The average Bonchev–Trinajstić information content (AvgIpc) is 2.79. The molecule has 1 heterocycles. The Morgan fingerprint density at radius 3 is 2.69 bits per heavy atom. The Hall–Kier alpha value is -2.46. The van der Waals surface area contributed by atoms with Crippen molar-refractivity contribution in [3.8, 4) is 11.5 Å². The largest absolute Gasteiger partial charge is 0.493 e. The van der Waals surface area contributed by atoms with Crippen molar-refractivity contribution in [1.82, 2.24) is 4.90 Å². The van der Waals surface area contributed by atoms with Crippen LogP contribution in [-0.2, 0) is 5.60 Å². The maximum absolute atomic E-state index is 11.5. The van der Waals surface area contributed by atoms with Crippen LogP contribution in [0.1, 0.15) is 18.9 Å². The Balaban J connectivity index is 2.44. The molecule has 0 saturated carbocycles. The number of rotatable bonds is 6. The summed E-state index contributed by atoms with van der Waals surface area (Å²) in [6.45, 7) is 10.6. The summed E-state index contributed by atoms with van der Waals surface area (Å²) in [6, 6.07) is 5.53. The number of hydrogen-bond acceptors (Lipinski definition) is 4. The summed E-state index contributed by atoms with van der Waals surface area (Å²) < 4.78 is 11.3. The number of nitrogens with zero attached hydrogens (tertiary/aromatic N) is 1. The Morgan fingerprint density at radius 1 is 1.38 bits per heavy atom. The highest BCUT2D eigenvalue weighted by molar-refractivity contribution is 5.52. The Bertz CT molecular complexity index is 733. The molecular formula is C22H29NO3. The third-order valence-corrected chi connectivity index (χ3v) is 4.85. The average molecular weight is 355 g/mol. The van der Waals surface area contributed by atoms with Crippen LogP contribution in [-0.4, -0.2) is 37.8 Å². The summed E-state index contributed by atoms with van der Waals surface area (Å²) in [4.78, 5) is 2.03. The first-order valence-electron chi connectivity index (χ1n) is 8.75. The molecule has 140 valence electrons. The molecule has 0 radical (unpaired) electrons. The van der Waals surface area contributed by atoms with Gasteiger partial charge in [-0.05, 0) is 31.1 Å². The van der Waals surface area contributed by atoms with Crippen LogP contribution in [0.5, 0.6) is 11.5 Å². The zero-order valence-corrected chi connectivity index (χ0v) is 16.2. The van der Waals surface area contributed by atoms with Gasteiger partial charge in [-0.25, -0.2) is 0 Å². The molecule has 0 saturated heterocycles. The molecule has 1 aromatic carbocycles. The van der Waals surface area contributed by atoms with Crippen LogP contribution >= 0.6 is 0 Å². The van der Waals surface area contributed by atoms with Crippen molar-refractivity contribution in [3.05, 3.63) is 72.5 Å². The lowest BCUT2D eigenvalue weighted by atomic mass is 9.76. The van der Waals surface area contributed by atoms with Gasteiger partial charge in [0, 0.05) is 31.3 Å². The van der Waals surface area contributed by atoms with Gasteiger partial charge in [0.15, 0.2) is 11.5 Å². The molecule has 0 unspecified atom stereocenters. The van der Waals surface area contributed by atoms with Gasteiger partial charge in [0.1, 0.15) is 5.60 Å². The standard InChI is InChI=1S/C22H29NO3/c1-7-17(23(4)5)13-12-16(3)18-14-15-26-21-19(22(18,24)8-2)10-9-11-20(21)25-6/h7-13,18,24H,2-3,14-15H2,1,4-6H3/b13-12-,17-7+/t18-,22+/m0/s1. The van der Waals surface area contributed by atoms with Crippen LogP contribution in [0.25, 0.3) is 0 Å². The van der Waals surface area contributed by atoms with Crippen LogP contribution in [0.2, 0.25) is 0 Å². The fourth-order valence-corrected chi connectivity index (χ4v) is 3.36. The molecule has 1 N–H and O–H groups in total. The monoisotopic (exact) mass is 355 g/mol. The summed E-state index contributed by atoms with van der Waals surface area (Å²) >= 11 is 0. The van der Waals surface area contributed by atoms with Gasteiger partial charge in [0.25, 0.3) is 0 Å².